The molecule has 0 aliphatic heterocycles. The zero-order chi connectivity index (χ0) is 14.1. The Morgan fingerprint density at radius 2 is 2.15 bits per heavy atom. The maximum atomic E-state index is 12.4. The first-order valence-electron chi connectivity index (χ1n) is 6.40. The molecular formula is C13H14N6O. The van der Waals surface area contributed by atoms with Crippen molar-refractivity contribution < 1.29 is 0 Å². The van der Waals surface area contributed by atoms with Gasteiger partial charge in [0.1, 0.15) is 11.2 Å². The van der Waals surface area contributed by atoms with Gasteiger partial charge in [-0.25, -0.2) is 4.98 Å². The van der Waals surface area contributed by atoms with E-state index in [2.05, 4.69) is 34.2 Å². The number of nitrogens with zero attached hydrogens (tertiary/aromatic N) is 6. The van der Waals surface area contributed by atoms with Crippen LogP contribution in [-0.4, -0.2) is 29.6 Å². The number of rotatable bonds is 3. The third-order valence-corrected chi connectivity index (χ3v) is 2.84. The summed E-state index contributed by atoms with van der Waals surface area (Å²) in [5, 5.41) is 12.1. The van der Waals surface area contributed by atoms with Crippen LogP contribution in [0, 0.1) is 5.92 Å². The Bertz CT molecular complexity index is 804. The summed E-state index contributed by atoms with van der Waals surface area (Å²) < 4.78 is 1.47. The van der Waals surface area contributed by atoms with E-state index < -0.39 is 0 Å². The monoisotopic (exact) mass is 270 g/mol. The quantitative estimate of drug-likeness (QED) is 0.709. The summed E-state index contributed by atoms with van der Waals surface area (Å²) in [5.74, 6) is 0.717. The molecule has 0 atom stereocenters. The molecule has 0 amide bonds. The van der Waals surface area contributed by atoms with Gasteiger partial charge in [0.15, 0.2) is 0 Å². The van der Waals surface area contributed by atoms with Crippen LogP contribution >= 0.6 is 0 Å². The summed E-state index contributed by atoms with van der Waals surface area (Å²) in [6.45, 7) is 4.79. The molecule has 0 N–H and O–H groups in total. The van der Waals surface area contributed by atoms with Crippen LogP contribution in [0.3, 0.4) is 0 Å². The minimum absolute atomic E-state index is 0.195. The largest absolute Gasteiger partial charge is 0.269 e. The van der Waals surface area contributed by atoms with Crippen LogP contribution in [0.4, 0.5) is 0 Å². The molecule has 0 bridgehead atoms. The van der Waals surface area contributed by atoms with Gasteiger partial charge < -0.3 is 0 Å². The van der Waals surface area contributed by atoms with Gasteiger partial charge in [-0.3, -0.25) is 9.20 Å². The van der Waals surface area contributed by atoms with Gasteiger partial charge in [-0.2, -0.15) is 4.80 Å². The van der Waals surface area contributed by atoms with Crippen LogP contribution in [0.2, 0.25) is 0 Å². The van der Waals surface area contributed by atoms with Crippen molar-refractivity contribution in [2.24, 2.45) is 5.92 Å². The van der Waals surface area contributed by atoms with Crippen molar-refractivity contribution in [3.05, 3.63) is 40.9 Å². The lowest BCUT2D eigenvalue weighted by atomic mass is 10.2. The summed E-state index contributed by atoms with van der Waals surface area (Å²) in [6, 6.07) is 5.38. The van der Waals surface area contributed by atoms with Gasteiger partial charge in [0, 0.05) is 12.4 Å². The third kappa shape index (κ3) is 2.18. The summed E-state index contributed by atoms with van der Waals surface area (Å²) in [5.41, 5.74) is 0.749. The van der Waals surface area contributed by atoms with Gasteiger partial charge in [-0.05, 0) is 23.3 Å². The van der Waals surface area contributed by atoms with Gasteiger partial charge in [-0.1, -0.05) is 19.9 Å². The summed E-state index contributed by atoms with van der Waals surface area (Å²) in [6.07, 6.45) is 3.17. The molecule has 0 aromatic carbocycles. The van der Waals surface area contributed by atoms with Crippen LogP contribution in [-0.2, 0) is 6.54 Å². The second kappa shape index (κ2) is 4.84. The van der Waals surface area contributed by atoms with E-state index in [9.17, 15) is 4.79 Å². The van der Waals surface area contributed by atoms with Crippen molar-refractivity contribution in [2.75, 3.05) is 0 Å². The van der Waals surface area contributed by atoms with Gasteiger partial charge in [0.25, 0.3) is 5.56 Å². The lowest BCUT2D eigenvalue weighted by molar-refractivity contribution is 0.429. The minimum atomic E-state index is -0.195. The molecule has 3 aromatic heterocycles. The van der Waals surface area contributed by atoms with Crippen molar-refractivity contribution in [2.45, 2.75) is 20.4 Å². The molecule has 0 fully saturated rings. The summed E-state index contributed by atoms with van der Waals surface area (Å²) in [7, 11) is 0. The fraction of sp³-hybridized carbons (Fsp3) is 0.308. The number of hydrogen-bond donors (Lipinski definition) is 0. The topological polar surface area (TPSA) is 78.0 Å². The Morgan fingerprint density at radius 1 is 1.30 bits per heavy atom. The first-order valence-corrected chi connectivity index (χ1v) is 6.40. The summed E-state index contributed by atoms with van der Waals surface area (Å²) >= 11 is 0. The molecule has 3 aromatic rings. The van der Waals surface area contributed by atoms with E-state index in [-0.39, 0.29) is 5.56 Å². The smallest absolute Gasteiger partial charge is 0.268 e. The lowest BCUT2D eigenvalue weighted by Crippen LogP contribution is -2.17. The molecule has 0 aliphatic rings. The molecule has 7 heteroatoms. The molecule has 0 radical (unpaired) electrons. The SMILES string of the molecule is CC(C)Cn1nnc(-c2cnc3ccccn3c2=O)n1. The standard InChI is InChI=1S/C13H14N6O/c1-9(2)8-19-16-12(15-17-19)10-7-14-11-5-3-4-6-18(11)13(10)20/h3-7,9H,8H2,1-2H3. The molecule has 102 valence electrons. The number of tetrazole rings is 1. The molecular weight excluding hydrogens is 256 g/mol. The van der Waals surface area contributed by atoms with Crippen molar-refractivity contribution >= 4 is 5.65 Å². The molecule has 0 saturated carbocycles. The average molecular weight is 270 g/mol. The molecule has 7 nitrogen and oxygen atoms in total. The number of fused-ring (bicyclic) bond motifs is 1. The first-order chi connectivity index (χ1) is 9.65. The van der Waals surface area contributed by atoms with Crippen molar-refractivity contribution in [3.8, 4) is 11.4 Å². The Labute approximate surface area is 114 Å². The fourth-order valence-corrected chi connectivity index (χ4v) is 1.94. The van der Waals surface area contributed by atoms with E-state index in [1.54, 1.807) is 18.3 Å². The van der Waals surface area contributed by atoms with E-state index in [1.807, 2.05) is 6.07 Å². The highest BCUT2D eigenvalue weighted by atomic mass is 16.1. The van der Waals surface area contributed by atoms with Crippen LogP contribution in [0.25, 0.3) is 17.0 Å². The second-order valence-electron chi connectivity index (χ2n) is 4.97. The van der Waals surface area contributed by atoms with Crippen LogP contribution in [0.1, 0.15) is 13.8 Å². The normalized spacial score (nSPS) is 11.3. The van der Waals surface area contributed by atoms with Crippen molar-refractivity contribution in [1.29, 1.82) is 0 Å². The third-order valence-electron chi connectivity index (χ3n) is 2.84. The Balaban J connectivity index is 2.08. The second-order valence-corrected chi connectivity index (χ2v) is 4.97. The van der Waals surface area contributed by atoms with E-state index in [4.69, 9.17) is 0 Å². The number of hydrogen-bond acceptors (Lipinski definition) is 5. The molecule has 20 heavy (non-hydrogen) atoms. The van der Waals surface area contributed by atoms with Gasteiger partial charge in [0.05, 0.1) is 6.54 Å². The average Bonchev–Trinajstić information content (AvgIpc) is 2.87. The predicted octanol–water partition coefficient (Wildman–Crippen LogP) is 1.00. The molecule has 0 unspecified atom stereocenters. The van der Waals surface area contributed by atoms with Crippen LogP contribution < -0.4 is 5.56 Å². The van der Waals surface area contributed by atoms with Crippen LogP contribution in [0.5, 0.6) is 0 Å². The number of aromatic nitrogens is 6. The Morgan fingerprint density at radius 3 is 2.95 bits per heavy atom. The zero-order valence-electron chi connectivity index (χ0n) is 11.3. The lowest BCUT2D eigenvalue weighted by Gasteiger charge is -2.01. The fourth-order valence-electron chi connectivity index (χ4n) is 1.94. The molecule has 3 rings (SSSR count). The first kappa shape index (κ1) is 12.5. The van der Waals surface area contributed by atoms with Gasteiger partial charge in [-0.15, -0.1) is 10.2 Å². The highest BCUT2D eigenvalue weighted by Gasteiger charge is 2.13. The molecule has 0 saturated heterocycles. The number of pyridine rings is 1. The highest BCUT2D eigenvalue weighted by Crippen LogP contribution is 2.08. The molecule has 0 aliphatic carbocycles. The van der Waals surface area contributed by atoms with E-state index in [0.717, 1.165) is 0 Å². The van der Waals surface area contributed by atoms with Gasteiger partial charge >= 0.3 is 0 Å². The minimum Gasteiger partial charge on any atom is -0.268 e. The Kier molecular flexibility index (Phi) is 3.02. The van der Waals surface area contributed by atoms with E-state index in [0.29, 0.717) is 29.5 Å². The molecule has 0 spiro atoms. The maximum Gasteiger partial charge on any atom is 0.269 e. The van der Waals surface area contributed by atoms with E-state index >= 15 is 0 Å². The summed E-state index contributed by atoms with van der Waals surface area (Å²) in [4.78, 5) is 18.1. The predicted molar refractivity (Wildman–Crippen MR) is 73.1 cm³/mol. The van der Waals surface area contributed by atoms with E-state index in [1.165, 1.54) is 15.4 Å². The van der Waals surface area contributed by atoms with Crippen LogP contribution in [0.15, 0.2) is 35.4 Å². The molecule has 3 heterocycles. The van der Waals surface area contributed by atoms with Gasteiger partial charge in [0.2, 0.25) is 5.82 Å². The van der Waals surface area contributed by atoms with Crippen molar-refractivity contribution in [1.82, 2.24) is 29.6 Å². The maximum absolute atomic E-state index is 12.4. The zero-order valence-corrected chi connectivity index (χ0v) is 11.3. The highest BCUT2D eigenvalue weighted by molar-refractivity contribution is 5.53. The Hall–Kier alpha value is -2.57. The van der Waals surface area contributed by atoms with Crippen molar-refractivity contribution in [3.63, 3.8) is 0 Å².